The first-order chi connectivity index (χ1) is 7.97. The molecular formula is C14H19NO2. The Kier molecular flexibility index (Phi) is 3.20. The molecule has 0 fully saturated rings. The van der Waals surface area contributed by atoms with E-state index in [2.05, 4.69) is 6.07 Å². The summed E-state index contributed by atoms with van der Waals surface area (Å²) in [4.78, 5) is 13.7. The van der Waals surface area contributed by atoms with Gasteiger partial charge in [-0.15, -0.1) is 0 Å². The molecule has 0 unspecified atom stereocenters. The van der Waals surface area contributed by atoms with Crippen LogP contribution in [0.4, 0.5) is 5.69 Å². The van der Waals surface area contributed by atoms with E-state index in [1.54, 1.807) is 18.7 Å². The Morgan fingerprint density at radius 1 is 1.29 bits per heavy atom. The van der Waals surface area contributed by atoms with Crippen LogP contribution in [-0.2, 0) is 11.2 Å². The van der Waals surface area contributed by atoms with Crippen molar-refractivity contribution >= 4 is 11.6 Å². The summed E-state index contributed by atoms with van der Waals surface area (Å²) in [7, 11) is 0. The van der Waals surface area contributed by atoms with Crippen LogP contribution in [-0.4, -0.2) is 23.2 Å². The van der Waals surface area contributed by atoms with E-state index in [9.17, 15) is 9.90 Å². The molecule has 17 heavy (non-hydrogen) atoms. The molecule has 0 bridgehead atoms. The Balaban J connectivity index is 2.18. The summed E-state index contributed by atoms with van der Waals surface area (Å²) < 4.78 is 0. The fourth-order valence-electron chi connectivity index (χ4n) is 2.13. The molecule has 1 heterocycles. The number of carbonyl (C=O) groups excluding carboxylic acids is 1. The van der Waals surface area contributed by atoms with Gasteiger partial charge >= 0.3 is 0 Å². The summed E-state index contributed by atoms with van der Waals surface area (Å²) in [5, 5.41) is 9.74. The molecule has 92 valence electrons. The number of anilines is 1. The zero-order chi connectivity index (χ0) is 12.5. The first-order valence-electron chi connectivity index (χ1n) is 6.08. The van der Waals surface area contributed by atoms with E-state index >= 15 is 0 Å². The third-order valence-electron chi connectivity index (χ3n) is 3.14. The SMILES string of the molecule is CC(C)(O)CCN1C(=O)CCc2ccccc21. The number of hydrogen-bond donors (Lipinski definition) is 1. The van der Waals surface area contributed by atoms with Crippen LogP contribution in [0.3, 0.4) is 0 Å². The highest BCUT2D eigenvalue weighted by atomic mass is 16.3. The number of nitrogens with zero attached hydrogens (tertiary/aromatic N) is 1. The Morgan fingerprint density at radius 2 is 2.00 bits per heavy atom. The number of aryl methyl sites for hydroxylation is 1. The van der Waals surface area contributed by atoms with Crippen LogP contribution in [0.2, 0.25) is 0 Å². The molecule has 3 nitrogen and oxygen atoms in total. The third-order valence-corrected chi connectivity index (χ3v) is 3.14. The van der Waals surface area contributed by atoms with Gasteiger partial charge in [0.1, 0.15) is 0 Å². The summed E-state index contributed by atoms with van der Waals surface area (Å²) in [5.41, 5.74) is 1.50. The Bertz CT molecular complexity index is 420. The molecule has 0 aromatic heterocycles. The number of aliphatic hydroxyl groups is 1. The molecular weight excluding hydrogens is 214 g/mol. The first-order valence-corrected chi connectivity index (χ1v) is 6.08. The standard InChI is InChI=1S/C14H19NO2/c1-14(2,17)9-10-15-12-6-4-3-5-11(12)7-8-13(15)16/h3-6,17H,7-10H2,1-2H3. The molecule has 0 saturated carbocycles. The second-order valence-corrected chi connectivity index (χ2v) is 5.24. The van der Waals surface area contributed by atoms with Crippen molar-refractivity contribution in [3.63, 3.8) is 0 Å². The topological polar surface area (TPSA) is 40.5 Å². The van der Waals surface area contributed by atoms with Gasteiger partial charge in [-0.1, -0.05) is 18.2 Å². The lowest BCUT2D eigenvalue weighted by atomic mass is 9.99. The summed E-state index contributed by atoms with van der Waals surface area (Å²) in [6.45, 7) is 4.13. The molecule has 0 radical (unpaired) electrons. The molecule has 1 aliphatic rings. The van der Waals surface area contributed by atoms with E-state index in [0.29, 0.717) is 19.4 Å². The second-order valence-electron chi connectivity index (χ2n) is 5.24. The number of carbonyl (C=O) groups is 1. The minimum Gasteiger partial charge on any atom is -0.390 e. The lowest BCUT2D eigenvalue weighted by molar-refractivity contribution is -0.119. The van der Waals surface area contributed by atoms with Crippen LogP contribution in [0, 0.1) is 0 Å². The third kappa shape index (κ3) is 2.86. The van der Waals surface area contributed by atoms with Gasteiger partial charge in [-0.3, -0.25) is 4.79 Å². The van der Waals surface area contributed by atoms with Crippen molar-refractivity contribution in [1.29, 1.82) is 0 Å². The van der Waals surface area contributed by atoms with Gasteiger partial charge in [-0.05, 0) is 38.3 Å². The minimum atomic E-state index is -0.729. The zero-order valence-electron chi connectivity index (χ0n) is 10.4. The van der Waals surface area contributed by atoms with E-state index < -0.39 is 5.60 Å². The lowest BCUT2D eigenvalue weighted by Gasteiger charge is -2.31. The highest BCUT2D eigenvalue weighted by molar-refractivity contribution is 5.96. The van der Waals surface area contributed by atoms with Gasteiger partial charge in [0, 0.05) is 18.7 Å². The Hall–Kier alpha value is -1.35. The highest BCUT2D eigenvalue weighted by Gasteiger charge is 2.25. The van der Waals surface area contributed by atoms with Gasteiger partial charge < -0.3 is 10.0 Å². The van der Waals surface area contributed by atoms with Crippen molar-refractivity contribution in [1.82, 2.24) is 0 Å². The molecule has 0 atom stereocenters. The molecule has 0 saturated heterocycles. The smallest absolute Gasteiger partial charge is 0.227 e. The van der Waals surface area contributed by atoms with Crippen molar-refractivity contribution in [3.05, 3.63) is 29.8 Å². The molecule has 2 rings (SSSR count). The Labute approximate surface area is 102 Å². The minimum absolute atomic E-state index is 0.160. The molecule has 1 aromatic rings. The van der Waals surface area contributed by atoms with Crippen molar-refractivity contribution in [2.75, 3.05) is 11.4 Å². The largest absolute Gasteiger partial charge is 0.390 e. The molecule has 1 amide bonds. The maximum absolute atomic E-state index is 11.9. The molecule has 1 aliphatic heterocycles. The van der Waals surface area contributed by atoms with Crippen molar-refractivity contribution in [2.45, 2.75) is 38.7 Å². The fourth-order valence-corrected chi connectivity index (χ4v) is 2.13. The van der Waals surface area contributed by atoms with E-state index in [0.717, 1.165) is 12.1 Å². The van der Waals surface area contributed by atoms with Gasteiger partial charge in [0.2, 0.25) is 5.91 Å². The predicted octanol–water partition coefficient (Wildman–Crippen LogP) is 2.13. The van der Waals surface area contributed by atoms with E-state index in [4.69, 9.17) is 0 Å². The van der Waals surface area contributed by atoms with Gasteiger partial charge in [0.15, 0.2) is 0 Å². The van der Waals surface area contributed by atoms with Gasteiger partial charge in [-0.2, -0.15) is 0 Å². The average molecular weight is 233 g/mol. The van der Waals surface area contributed by atoms with Gasteiger partial charge in [0.25, 0.3) is 0 Å². The van der Waals surface area contributed by atoms with E-state index in [1.165, 1.54) is 5.56 Å². The van der Waals surface area contributed by atoms with E-state index in [1.807, 2.05) is 18.2 Å². The number of amides is 1. The summed E-state index contributed by atoms with van der Waals surface area (Å²) in [6.07, 6.45) is 1.99. The summed E-state index contributed by atoms with van der Waals surface area (Å²) >= 11 is 0. The fraction of sp³-hybridized carbons (Fsp3) is 0.500. The highest BCUT2D eigenvalue weighted by Crippen LogP contribution is 2.28. The number of fused-ring (bicyclic) bond motifs is 1. The van der Waals surface area contributed by atoms with Crippen molar-refractivity contribution < 1.29 is 9.90 Å². The number of para-hydroxylation sites is 1. The van der Waals surface area contributed by atoms with E-state index in [-0.39, 0.29) is 5.91 Å². The van der Waals surface area contributed by atoms with Gasteiger partial charge in [0.05, 0.1) is 5.60 Å². The maximum atomic E-state index is 11.9. The quantitative estimate of drug-likeness (QED) is 0.868. The monoisotopic (exact) mass is 233 g/mol. The molecule has 3 heteroatoms. The molecule has 1 aromatic carbocycles. The van der Waals surface area contributed by atoms with Crippen LogP contribution >= 0.6 is 0 Å². The van der Waals surface area contributed by atoms with Crippen molar-refractivity contribution in [2.24, 2.45) is 0 Å². The maximum Gasteiger partial charge on any atom is 0.227 e. The normalized spacial score (nSPS) is 15.9. The average Bonchev–Trinajstić information content (AvgIpc) is 2.26. The van der Waals surface area contributed by atoms with Crippen molar-refractivity contribution in [3.8, 4) is 0 Å². The van der Waals surface area contributed by atoms with Crippen LogP contribution in [0.1, 0.15) is 32.3 Å². The lowest BCUT2D eigenvalue weighted by Crippen LogP contribution is -2.38. The van der Waals surface area contributed by atoms with Gasteiger partial charge in [-0.25, -0.2) is 0 Å². The van der Waals surface area contributed by atoms with Crippen LogP contribution in [0.25, 0.3) is 0 Å². The molecule has 1 N–H and O–H groups in total. The summed E-state index contributed by atoms with van der Waals surface area (Å²) in [5.74, 6) is 0.160. The number of rotatable bonds is 3. The molecule has 0 aliphatic carbocycles. The second kappa shape index (κ2) is 4.49. The first kappa shape index (κ1) is 12.1. The van der Waals surface area contributed by atoms with Crippen LogP contribution in [0.15, 0.2) is 24.3 Å². The molecule has 0 spiro atoms. The zero-order valence-corrected chi connectivity index (χ0v) is 10.4. The summed E-state index contributed by atoms with van der Waals surface area (Å²) in [6, 6.07) is 8.01. The Morgan fingerprint density at radius 3 is 2.71 bits per heavy atom. The predicted molar refractivity (Wildman–Crippen MR) is 68.0 cm³/mol. The van der Waals surface area contributed by atoms with Crippen LogP contribution in [0.5, 0.6) is 0 Å². The number of hydrogen-bond acceptors (Lipinski definition) is 2. The van der Waals surface area contributed by atoms with Crippen LogP contribution < -0.4 is 4.90 Å². The number of benzene rings is 1.